The summed E-state index contributed by atoms with van der Waals surface area (Å²) < 4.78 is 4.56. The molecule has 2 rings (SSSR count). The molecule has 1 heterocycles. The predicted octanol–water partition coefficient (Wildman–Crippen LogP) is 2.47. The van der Waals surface area contributed by atoms with Crippen LogP contribution in [0.2, 0.25) is 5.15 Å². The minimum absolute atomic E-state index is 0.00509. The van der Waals surface area contributed by atoms with Crippen molar-refractivity contribution in [2.45, 2.75) is 6.92 Å². The van der Waals surface area contributed by atoms with Crippen molar-refractivity contribution < 1.29 is 9.53 Å². The van der Waals surface area contributed by atoms with E-state index < -0.39 is 5.97 Å². The molecule has 1 aromatic carbocycles. The Morgan fingerprint density at radius 1 is 1.32 bits per heavy atom. The van der Waals surface area contributed by atoms with Crippen LogP contribution in [-0.2, 0) is 4.74 Å². The van der Waals surface area contributed by atoms with Crippen LogP contribution >= 0.6 is 11.6 Å². The Hall–Kier alpha value is -2.14. The molecule has 0 amide bonds. The van der Waals surface area contributed by atoms with Crippen molar-refractivity contribution in [2.75, 3.05) is 12.8 Å². The summed E-state index contributed by atoms with van der Waals surface area (Å²) in [6, 6.07) is 7.57. The van der Waals surface area contributed by atoms with Gasteiger partial charge in [0, 0.05) is 5.56 Å². The number of rotatable bonds is 2. The minimum atomic E-state index is -0.664. The topological polar surface area (TPSA) is 78.1 Å². The molecule has 0 atom stereocenters. The van der Waals surface area contributed by atoms with Crippen molar-refractivity contribution in [2.24, 2.45) is 0 Å². The monoisotopic (exact) mass is 277 g/mol. The maximum atomic E-state index is 11.4. The fourth-order valence-corrected chi connectivity index (χ4v) is 1.91. The van der Waals surface area contributed by atoms with Crippen LogP contribution in [0.3, 0.4) is 0 Å². The van der Waals surface area contributed by atoms with E-state index >= 15 is 0 Å². The average Bonchev–Trinajstić information content (AvgIpc) is 2.41. The number of ether oxygens (including phenoxy) is 1. The van der Waals surface area contributed by atoms with Gasteiger partial charge in [-0.1, -0.05) is 35.9 Å². The number of methoxy groups -OCH3 is 1. The molecule has 0 aliphatic heterocycles. The molecule has 0 radical (unpaired) electrons. The van der Waals surface area contributed by atoms with Crippen molar-refractivity contribution in [3.63, 3.8) is 0 Å². The fourth-order valence-electron chi connectivity index (χ4n) is 1.68. The first-order chi connectivity index (χ1) is 9.04. The lowest BCUT2D eigenvalue weighted by Crippen LogP contribution is -2.11. The third kappa shape index (κ3) is 2.51. The largest absolute Gasteiger partial charge is 0.464 e. The van der Waals surface area contributed by atoms with Crippen LogP contribution in [-0.4, -0.2) is 23.0 Å². The van der Waals surface area contributed by atoms with E-state index in [1.54, 1.807) is 0 Å². The summed E-state index contributed by atoms with van der Waals surface area (Å²) in [4.78, 5) is 19.6. The molecule has 98 valence electrons. The van der Waals surface area contributed by atoms with E-state index in [4.69, 9.17) is 17.3 Å². The van der Waals surface area contributed by atoms with Gasteiger partial charge in [0.25, 0.3) is 0 Å². The van der Waals surface area contributed by atoms with Crippen LogP contribution in [0.4, 0.5) is 5.82 Å². The average molecular weight is 278 g/mol. The Balaban J connectivity index is 2.59. The molecule has 0 bridgehead atoms. The number of aryl methyl sites for hydroxylation is 1. The standard InChI is InChI=1S/C13H12ClN3O2/c1-7-5-3-4-6-8(7)9-11(14)16-10(12(15)17-9)13(18)19-2/h3-6H,1-2H3,(H2,15,17). The number of carbonyl (C=O) groups is 1. The highest BCUT2D eigenvalue weighted by molar-refractivity contribution is 6.32. The molecule has 5 nitrogen and oxygen atoms in total. The summed E-state index contributed by atoms with van der Waals surface area (Å²) in [6.07, 6.45) is 0. The number of nitrogen functional groups attached to an aromatic ring is 1. The highest BCUT2D eigenvalue weighted by atomic mass is 35.5. The molecular formula is C13H12ClN3O2. The van der Waals surface area contributed by atoms with Gasteiger partial charge in [-0.15, -0.1) is 0 Å². The number of anilines is 1. The number of nitrogens with two attached hydrogens (primary N) is 1. The van der Waals surface area contributed by atoms with Gasteiger partial charge in [-0.2, -0.15) is 0 Å². The summed E-state index contributed by atoms with van der Waals surface area (Å²) in [5.74, 6) is -0.669. The quantitative estimate of drug-likeness (QED) is 0.853. The van der Waals surface area contributed by atoms with Gasteiger partial charge < -0.3 is 10.5 Å². The van der Waals surface area contributed by atoms with E-state index in [-0.39, 0.29) is 16.7 Å². The summed E-state index contributed by atoms with van der Waals surface area (Å²) in [5, 5.41) is 0.115. The first-order valence-corrected chi connectivity index (χ1v) is 5.89. The van der Waals surface area contributed by atoms with Crippen LogP contribution < -0.4 is 5.73 Å². The number of aromatic nitrogens is 2. The third-order valence-corrected chi connectivity index (χ3v) is 2.92. The summed E-state index contributed by atoms with van der Waals surface area (Å²) in [6.45, 7) is 1.93. The Morgan fingerprint density at radius 2 is 2.00 bits per heavy atom. The van der Waals surface area contributed by atoms with E-state index in [0.29, 0.717) is 5.69 Å². The number of halogens is 1. The zero-order valence-electron chi connectivity index (χ0n) is 10.5. The molecule has 0 aliphatic carbocycles. The second-order valence-electron chi connectivity index (χ2n) is 3.90. The van der Waals surface area contributed by atoms with Crippen LogP contribution in [0.1, 0.15) is 16.1 Å². The van der Waals surface area contributed by atoms with E-state index in [9.17, 15) is 4.79 Å². The van der Waals surface area contributed by atoms with Gasteiger partial charge in [0.2, 0.25) is 0 Å². The van der Waals surface area contributed by atoms with Crippen LogP contribution in [0.15, 0.2) is 24.3 Å². The van der Waals surface area contributed by atoms with Gasteiger partial charge in [-0.25, -0.2) is 14.8 Å². The summed E-state index contributed by atoms with van der Waals surface area (Å²) in [7, 11) is 1.24. The van der Waals surface area contributed by atoms with Crippen molar-refractivity contribution in [1.29, 1.82) is 0 Å². The van der Waals surface area contributed by atoms with E-state index in [0.717, 1.165) is 11.1 Å². The van der Waals surface area contributed by atoms with Gasteiger partial charge in [-0.3, -0.25) is 0 Å². The Morgan fingerprint density at radius 3 is 2.63 bits per heavy atom. The fraction of sp³-hybridized carbons (Fsp3) is 0.154. The molecule has 0 aliphatic rings. The molecule has 0 unspecified atom stereocenters. The molecule has 0 saturated carbocycles. The third-order valence-electron chi connectivity index (χ3n) is 2.66. The molecule has 0 spiro atoms. The Bertz CT molecular complexity index is 644. The zero-order valence-corrected chi connectivity index (χ0v) is 11.2. The summed E-state index contributed by atoms with van der Waals surface area (Å²) >= 11 is 6.07. The molecular weight excluding hydrogens is 266 g/mol. The maximum absolute atomic E-state index is 11.4. The SMILES string of the molecule is COC(=O)c1nc(Cl)c(-c2ccccc2C)nc1N. The zero-order chi connectivity index (χ0) is 14.0. The maximum Gasteiger partial charge on any atom is 0.360 e. The number of carbonyl (C=O) groups excluding carboxylic acids is 1. The van der Waals surface area contributed by atoms with Crippen LogP contribution in [0.5, 0.6) is 0 Å². The van der Waals surface area contributed by atoms with Gasteiger partial charge >= 0.3 is 5.97 Å². The normalized spacial score (nSPS) is 10.3. The highest BCUT2D eigenvalue weighted by Gasteiger charge is 2.18. The minimum Gasteiger partial charge on any atom is -0.464 e. The van der Waals surface area contributed by atoms with Crippen LogP contribution in [0, 0.1) is 6.92 Å². The number of hydrogen-bond donors (Lipinski definition) is 1. The predicted molar refractivity (Wildman–Crippen MR) is 73.0 cm³/mol. The Labute approximate surface area is 115 Å². The first-order valence-electron chi connectivity index (χ1n) is 5.52. The van der Waals surface area contributed by atoms with Crippen molar-refractivity contribution in [1.82, 2.24) is 9.97 Å². The van der Waals surface area contributed by atoms with Crippen molar-refractivity contribution >= 4 is 23.4 Å². The van der Waals surface area contributed by atoms with Gasteiger partial charge in [-0.05, 0) is 12.5 Å². The van der Waals surface area contributed by atoms with Crippen molar-refractivity contribution in [3.05, 3.63) is 40.7 Å². The Kier molecular flexibility index (Phi) is 3.66. The molecule has 19 heavy (non-hydrogen) atoms. The second-order valence-corrected chi connectivity index (χ2v) is 4.26. The highest BCUT2D eigenvalue weighted by Crippen LogP contribution is 2.28. The molecule has 1 aromatic heterocycles. The summed E-state index contributed by atoms with van der Waals surface area (Å²) in [5.41, 5.74) is 7.90. The van der Waals surface area contributed by atoms with Crippen LogP contribution in [0.25, 0.3) is 11.3 Å². The molecule has 6 heteroatoms. The lowest BCUT2D eigenvalue weighted by Gasteiger charge is -2.09. The van der Waals surface area contributed by atoms with E-state index in [1.165, 1.54) is 7.11 Å². The van der Waals surface area contributed by atoms with Crippen molar-refractivity contribution in [3.8, 4) is 11.3 Å². The van der Waals surface area contributed by atoms with Gasteiger partial charge in [0.1, 0.15) is 5.69 Å². The number of nitrogens with zero attached hydrogens (tertiary/aromatic N) is 2. The van der Waals surface area contributed by atoms with Gasteiger partial charge in [0.15, 0.2) is 16.7 Å². The smallest absolute Gasteiger partial charge is 0.360 e. The first kappa shape index (κ1) is 13.3. The number of benzene rings is 1. The number of esters is 1. The molecule has 2 aromatic rings. The molecule has 0 fully saturated rings. The molecule has 0 saturated heterocycles. The number of hydrogen-bond acceptors (Lipinski definition) is 5. The van der Waals surface area contributed by atoms with Gasteiger partial charge in [0.05, 0.1) is 7.11 Å². The lowest BCUT2D eigenvalue weighted by atomic mass is 10.1. The lowest BCUT2D eigenvalue weighted by molar-refractivity contribution is 0.0595. The second kappa shape index (κ2) is 5.24. The van der Waals surface area contributed by atoms with E-state index in [2.05, 4.69) is 14.7 Å². The molecule has 2 N–H and O–H groups in total. The van der Waals surface area contributed by atoms with E-state index in [1.807, 2.05) is 31.2 Å².